The van der Waals surface area contributed by atoms with Gasteiger partial charge in [0, 0.05) is 19.7 Å². The lowest BCUT2D eigenvalue weighted by molar-refractivity contribution is -0.138. The van der Waals surface area contributed by atoms with E-state index in [1.54, 1.807) is 43.0 Å². The van der Waals surface area contributed by atoms with Crippen molar-refractivity contribution in [3.8, 4) is 5.75 Å². The van der Waals surface area contributed by atoms with E-state index in [-0.39, 0.29) is 24.3 Å². The number of methoxy groups -OCH3 is 1. The molecule has 1 amide bonds. The van der Waals surface area contributed by atoms with Crippen molar-refractivity contribution in [3.63, 3.8) is 0 Å². The Labute approximate surface area is 144 Å². The fourth-order valence-corrected chi connectivity index (χ4v) is 2.57. The number of nitrogens with zero attached hydrogens (tertiary/aromatic N) is 1. The van der Waals surface area contributed by atoms with Crippen molar-refractivity contribution in [2.24, 2.45) is 0 Å². The molecule has 0 heterocycles. The van der Waals surface area contributed by atoms with Gasteiger partial charge in [-0.05, 0) is 44.9 Å². The molecule has 6 nitrogen and oxygen atoms in total. The SMILES string of the molecule is CC[C@@H](C)N(Cc1ccc(OS(=O)(=O)C(C)C)cc1)C(=O)COC. The number of rotatable bonds is 9. The largest absolute Gasteiger partial charge is 0.382 e. The summed E-state index contributed by atoms with van der Waals surface area (Å²) in [7, 11) is -2.11. The molecule has 0 aromatic heterocycles. The molecule has 7 heteroatoms. The second kappa shape index (κ2) is 9.03. The third-order valence-electron chi connectivity index (χ3n) is 3.78. The summed E-state index contributed by atoms with van der Waals surface area (Å²) in [6.07, 6.45) is 0.837. The first kappa shape index (κ1) is 20.4. The monoisotopic (exact) mass is 357 g/mol. The van der Waals surface area contributed by atoms with Gasteiger partial charge in [0.05, 0.1) is 5.25 Å². The van der Waals surface area contributed by atoms with Crippen LogP contribution in [-0.4, -0.2) is 44.2 Å². The average molecular weight is 357 g/mol. The van der Waals surface area contributed by atoms with E-state index >= 15 is 0 Å². The van der Waals surface area contributed by atoms with Gasteiger partial charge in [0.1, 0.15) is 12.4 Å². The normalized spacial score (nSPS) is 12.9. The van der Waals surface area contributed by atoms with Gasteiger partial charge in [-0.2, -0.15) is 8.42 Å². The Morgan fingerprint density at radius 2 is 1.75 bits per heavy atom. The lowest BCUT2D eigenvalue weighted by Crippen LogP contribution is -2.39. The van der Waals surface area contributed by atoms with Gasteiger partial charge in [0.25, 0.3) is 0 Å². The molecule has 0 aliphatic heterocycles. The standard InChI is InChI=1S/C17H27NO5S/c1-6-14(4)18(17(19)12-22-5)11-15-7-9-16(10-8-15)23-24(20,21)13(2)3/h7-10,13-14H,6,11-12H2,1-5H3/t14-/m1/s1. The molecule has 136 valence electrons. The van der Waals surface area contributed by atoms with Crippen molar-refractivity contribution in [1.29, 1.82) is 0 Å². The maximum Gasteiger partial charge on any atom is 0.311 e. The highest BCUT2D eigenvalue weighted by Crippen LogP contribution is 2.18. The van der Waals surface area contributed by atoms with E-state index in [9.17, 15) is 13.2 Å². The third-order valence-corrected chi connectivity index (χ3v) is 5.36. The van der Waals surface area contributed by atoms with Crippen LogP contribution in [0.4, 0.5) is 0 Å². The molecule has 1 aromatic rings. The minimum Gasteiger partial charge on any atom is -0.382 e. The zero-order valence-electron chi connectivity index (χ0n) is 15.0. The number of hydrogen-bond acceptors (Lipinski definition) is 5. The summed E-state index contributed by atoms with van der Waals surface area (Å²) in [5.41, 5.74) is 0.897. The topological polar surface area (TPSA) is 72.9 Å². The zero-order valence-corrected chi connectivity index (χ0v) is 15.8. The molecule has 0 N–H and O–H groups in total. The molecule has 0 unspecified atom stereocenters. The van der Waals surface area contributed by atoms with Gasteiger partial charge in [-0.3, -0.25) is 4.79 Å². The number of ether oxygens (including phenoxy) is 1. The number of benzene rings is 1. The summed E-state index contributed by atoms with van der Waals surface area (Å²) in [5.74, 6) is 0.195. The van der Waals surface area contributed by atoms with E-state index < -0.39 is 15.4 Å². The van der Waals surface area contributed by atoms with Crippen molar-refractivity contribution in [2.45, 2.75) is 52.0 Å². The molecule has 0 aliphatic carbocycles. The lowest BCUT2D eigenvalue weighted by Gasteiger charge is -2.28. The van der Waals surface area contributed by atoms with Gasteiger partial charge in [-0.25, -0.2) is 0 Å². The predicted molar refractivity (Wildman–Crippen MR) is 93.3 cm³/mol. The van der Waals surface area contributed by atoms with Crippen LogP contribution in [0.15, 0.2) is 24.3 Å². The Morgan fingerprint density at radius 3 is 2.21 bits per heavy atom. The van der Waals surface area contributed by atoms with Gasteiger partial charge >= 0.3 is 10.1 Å². The molecule has 0 aliphatic rings. The van der Waals surface area contributed by atoms with Crippen LogP contribution < -0.4 is 4.18 Å². The fourth-order valence-electron chi connectivity index (χ4n) is 1.99. The van der Waals surface area contributed by atoms with E-state index in [2.05, 4.69) is 0 Å². The molecule has 0 saturated carbocycles. The van der Waals surface area contributed by atoms with Crippen LogP contribution in [0, 0.1) is 0 Å². The summed E-state index contributed by atoms with van der Waals surface area (Å²) in [6.45, 7) is 7.61. The number of hydrogen-bond donors (Lipinski definition) is 0. The zero-order chi connectivity index (χ0) is 18.3. The molecule has 1 aromatic carbocycles. The van der Waals surface area contributed by atoms with Gasteiger partial charge in [-0.1, -0.05) is 19.1 Å². The fraction of sp³-hybridized carbons (Fsp3) is 0.588. The summed E-state index contributed by atoms with van der Waals surface area (Å²) in [4.78, 5) is 13.9. The van der Waals surface area contributed by atoms with Crippen molar-refractivity contribution in [2.75, 3.05) is 13.7 Å². The lowest BCUT2D eigenvalue weighted by atomic mass is 10.1. The highest BCUT2D eigenvalue weighted by atomic mass is 32.2. The Hall–Kier alpha value is -1.60. The second-order valence-corrected chi connectivity index (χ2v) is 8.08. The summed E-state index contributed by atoms with van der Waals surface area (Å²) in [5, 5.41) is -0.607. The predicted octanol–water partition coefficient (Wildman–Crippen LogP) is 2.58. The first-order valence-electron chi connectivity index (χ1n) is 8.01. The Balaban J connectivity index is 2.85. The maximum atomic E-state index is 12.2. The Morgan fingerprint density at radius 1 is 1.17 bits per heavy atom. The van der Waals surface area contributed by atoms with E-state index in [0.29, 0.717) is 6.54 Å². The Bertz CT molecular complexity index is 625. The van der Waals surface area contributed by atoms with E-state index in [0.717, 1.165) is 12.0 Å². The van der Waals surface area contributed by atoms with Crippen LogP contribution in [0.2, 0.25) is 0 Å². The molecular formula is C17H27NO5S. The van der Waals surface area contributed by atoms with E-state index in [1.165, 1.54) is 7.11 Å². The summed E-state index contributed by atoms with van der Waals surface area (Å²) < 4.78 is 33.5. The highest BCUT2D eigenvalue weighted by molar-refractivity contribution is 7.87. The Kier molecular flexibility index (Phi) is 7.69. The van der Waals surface area contributed by atoms with Crippen LogP contribution in [0.3, 0.4) is 0 Å². The highest BCUT2D eigenvalue weighted by Gasteiger charge is 2.20. The molecule has 24 heavy (non-hydrogen) atoms. The van der Waals surface area contributed by atoms with Gasteiger partial charge < -0.3 is 13.8 Å². The molecule has 0 fully saturated rings. The van der Waals surface area contributed by atoms with Crippen LogP contribution in [0.1, 0.15) is 39.7 Å². The first-order valence-corrected chi connectivity index (χ1v) is 9.49. The van der Waals surface area contributed by atoms with Crippen molar-refractivity contribution >= 4 is 16.0 Å². The van der Waals surface area contributed by atoms with Crippen LogP contribution >= 0.6 is 0 Å². The number of carbonyl (C=O) groups excluding carboxylic acids is 1. The smallest absolute Gasteiger partial charge is 0.311 e. The van der Waals surface area contributed by atoms with Gasteiger partial charge in [0.15, 0.2) is 0 Å². The average Bonchev–Trinajstić information content (AvgIpc) is 2.53. The van der Waals surface area contributed by atoms with Crippen molar-refractivity contribution in [1.82, 2.24) is 4.90 Å². The quantitative estimate of drug-likeness (QED) is 0.635. The van der Waals surface area contributed by atoms with Crippen LogP contribution in [0.5, 0.6) is 5.75 Å². The number of amides is 1. The summed E-state index contributed by atoms with van der Waals surface area (Å²) in [6, 6.07) is 6.82. The molecule has 0 spiro atoms. The minimum absolute atomic E-state index is 0.0398. The van der Waals surface area contributed by atoms with Crippen LogP contribution in [-0.2, 0) is 26.2 Å². The molecule has 0 bridgehead atoms. The maximum absolute atomic E-state index is 12.2. The van der Waals surface area contributed by atoms with Crippen LogP contribution in [0.25, 0.3) is 0 Å². The molecule has 1 rings (SSSR count). The van der Waals surface area contributed by atoms with Gasteiger partial charge in [0.2, 0.25) is 5.91 Å². The van der Waals surface area contributed by atoms with Crippen molar-refractivity contribution in [3.05, 3.63) is 29.8 Å². The summed E-state index contributed by atoms with van der Waals surface area (Å²) >= 11 is 0. The first-order chi connectivity index (χ1) is 11.2. The minimum atomic E-state index is -3.61. The van der Waals surface area contributed by atoms with Gasteiger partial charge in [-0.15, -0.1) is 0 Å². The molecule has 0 saturated heterocycles. The van der Waals surface area contributed by atoms with Crippen molar-refractivity contribution < 1.29 is 22.1 Å². The molecule has 1 atom stereocenters. The number of carbonyl (C=O) groups is 1. The third kappa shape index (κ3) is 5.79. The molecular weight excluding hydrogens is 330 g/mol. The second-order valence-electron chi connectivity index (χ2n) is 5.98. The van der Waals surface area contributed by atoms with E-state index in [4.69, 9.17) is 8.92 Å². The van der Waals surface area contributed by atoms with E-state index in [1.807, 2.05) is 13.8 Å². The molecule has 0 radical (unpaired) electrons.